The third-order valence-electron chi connectivity index (χ3n) is 1.84. The van der Waals surface area contributed by atoms with Gasteiger partial charge in [-0.25, -0.2) is 4.79 Å². The second kappa shape index (κ2) is 7.81. The summed E-state index contributed by atoms with van der Waals surface area (Å²) in [4.78, 5) is 33.1. The van der Waals surface area contributed by atoms with Crippen molar-refractivity contribution in [3.05, 3.63) is 0 Å². The fourth-order valence-electron chi connectivity index (χ4n) is 1.12. The molecular weight excluding hydrogens is 214 g/mol. The van der Waals surface area contributed by atoms with Gasteiger partial charge in [-0.1, -0.05) is 0 Å². The lowest BCUT2D eigenvalue weighted by molar-refractivity contribution is -0.147. The minimum Gasteiger partial charge on any atom is -0.464 e. The maximum atomic E-state index is 11.4. The zero-order valence-electron chi connectivity index (χ0n) is 9.49. The van der Waals surface area contributed by atoms with E-state index >= 15 is 0 Å². The Balaban J connectivity index is 4.25. The van der Waals surface area contributed by atoms with E-state index in [0.29, 0.717) is 0 Å². The summed E-state index contributed by atoms with van der Waals surface area (Å²) >= 11 is 0. The van der Waals surface area contributed by atoms with Crippen LogP contribution in [0.1, 0.15) is 26.7 Å². The van der Waals surface area contributed by atoms with Crippen LogP contribution in [0.5, 0.6) is 0 Å². The number of Topliss-reactive ketones (excluding diaryl/α,β-unsaturated/α-hetero) is 1. The molecule has 2 N–H and O–H groups in total. The Labute approximate surface area is 94.0 Å². The number of amides is 1. The molecule has 0 rings (SSSR count). The second-order valence-corrected chi connectivity index (χ2v) is 3.24. The highest BCUT2D eigenvalue weighted by atomic mass is 16.5. The van der Waals surface area contributed by atoms with Crippen molar-refractivity contribution in [3.8, 4) is 0 Å². The number of hydrogen-bond donors (Lipinski definition) is 2. The molecule has 0 fully saturated rings. The molecule has 0 aromatic rings. The minimum atomic E-state index is -0.826. The van der Waals surface area contributed by atoms with Crippen LogP contribution in [0.2, 0.25) is 0 Å². The zero-order chi connectivity index (χ0) is 12.6. The first-order chi connectivity index (χ1) is 7.51. The third kappa shape index (κ3) is 6.13. The number of carbonyl (C=O) groups excluding carboxylic acids is 3. The Morgan fingerprint density at radius 1 is 1.38 bits per heavy atom. The second-order valence-electron chi connectivity index (χ2n) is 3.24. The van der Waals surface area contributed by atoms with E-state index in [1.54, 1.807) is 6.92 Å². The van der Waals surface area contributed by atoms with E-state index in [9.17, 15) is 14.4 Å². The van der Waals surface area contributed by atoms with Crippen LogP contribution in [0.15, 0.2) is 0 Å². The Morgan fingerprint density at radius 3 is 2.44 bits per heavy atom. The molecule has 0 radical (unpaired) electrons. The van der Waals surface area contributed by atoms with Crippen LogP contribution in [-0.4, -0.2) is 42.0 Å². The first-order valence-corrected chi connectivity index (χ1v) is 5.07. The van der Waals surface area contributed by atoms with Crippen LogP contribution >= 0.6 is 0 Å². The fourth-order valence-corrected chi connectivity index (χ4v) is 1.12. The summed E-state index contributed by atoms with van der Waals surface area (Å²) in [6, 6.07) is -0.826. The maximum absolute atomic E-state index is 11.4. The molecular formula is C10H17NO5. The van der Waals surface area contributed by atoms with E-state index in [-0.39, 0.29) is 31.1 Å². The largest absolute Gasteiger partial charge is 0.464 e. The van der Waals surface area contributed by atoms with Gasteiger partial charge in [0.1, 0.15) is 12.6 Å². The monoisotopic (exact) mass is 231 g/mol. The molecule has 6 heteroatoms. The van der Waals surface area contributed by atoms with Crippen LogP contribution in [0.3, 0.4) is 0 Å². The molecule has 1 unspecified atom stereocenters. The first-order valence-electron chi connectivity index (χ1n) is 5.07. The van der Waals surface area contributed by atoms with Crippen LogP contribution < -0.4 is 5.32 Å². The van der Waals surface area contributed by atoms with Crippen molar-refractivity contribution in [2.45, 2.75) is 32.7 Å². The average Bonchev–Trinajstić information content (AvgIpc) is 2.23. The summed E-state index contributed by atoms with van der Waals surface area (Å²) < 4.78 is 4.74. The Morgan fingerprint density at radius 2 is 2.00 bits per heavy atom. The molecule has 0 aliphatic rings. The average molecular weight is 231 g/mol. The van der Waals surface area contributed by atoms with Crippen molar-refractivity contribution in [1.82, 2.24) is 5.32 Å². The van der Waals surface area contributed by atoms with Gasteiger partial charge in [0.05, 0.1) is 6.61 Å². The van der Waals surface area contributed by atoms with E-state index < -0.39 is 18.6 Å². The molecule has 16 heavy (non-hydrogen) atoms. The van der Waals surface area contributed by atoms with Gasteiger partial charge < -0.3 is 15.2 Å². The van der Waals surface area contributed by atoms with Gasteiger partial charge in [0.2, 0.25) is 5.91 Å². The maximum Gasteiger partial charge on any atom is 0.328 e. The topological polar surface area (TPSA) is 92.7 Å². The molecule has 6 nitrogen and oxygen atoms in total. The molecule has 1 atom stereocenters. The number of ketones is 1. The van der Waals surface area contributed by atoms with Gasteiger partial charge in [-0.15, -0.1) is 0 Å². The summed E-state index contributed by atoms with van der Waals surface area (Å²) in [7, 11) is 0. The molecule has 0 heterocycles. The van der Waals surface area contributed by atoms with E-state index in [0.717, 1.165) is 0 Å². The SMILES string of the molecule is CCOC(=O)C(CCC(=O)CO)NC(C)=O. The molecule has 0 saturated carbocycles. The standard InChI is InChI=1S/C10H17NO5/c1-3-16-10(15)9(11-7(2)13)5-4-8(14)6-12/h9,12H,3-6H2,1-2H3,(H,11,13). The number of nitrogens with one attached hydrogen (secondary N) is 1. The van der Waals surface area contributed by atoms with Gasteiger partial charge in [-0.05, 0) is 13.3 Å². The van der Waals surface area contributed by atoms with E-state index in [1.165, 1.54) is 6.92 Å². The molecule has 0 aromatic carbocycles. The Hall–Kier alpha value is -1.43. The number of ether oxygens (including phenoxy) is 1. The lowest BCUT2D eigenvalue weighted by atomic mass is 10.1. The number of hydrogen-bond acceptors (Lipinski definition) is 5. The van der Waals surface area contributed by atoms with Crippen molar-refractivity contribution >= 4 is 17.7 Å². The predicted octanol–water partition coefficient (Wildman–Crippen LogP) is -0.604. The third-order valence-corrected chi connectivity index (χ3v) is 1.84. The van der Waals surface area contributed by atoms with Crippen LogP contribution in [0, 0.1) is 0 Å². The van der Waals surface area contributed by atoms with Crippen molar-refractivity contribution in [2.24, 2.45) is 0 Å². The highest BCUT2D eigenvalue weighted by Crippen LogP contribution is 2.01. The molecule has 1 amide bonds. The number of esters is 1. The highest BCUT2D eigenvalue weighted by Gasteiger charge is 2.21. The predicted molar refractivity (Wildman–Crippen MR) is 55.6 cm³/mol. The normalized spacial score (nSPS) is 11.7. The number of rotatable bonds is 7. The molecule has 0 aromatic heterocycles. The molecule has 0 aliphatic heterocycles. The summed E-state index contributed by atoms with van der Waals surface area (Å²) in [5.74, 6) is -1.31. The van der Waals surface area contributed by atoms with Crippen LogP contribution in [-0.2, 0) is 19.1 Å². The number of carbonyl (C=O) groups is 3. The molecule has 0 aliphatic carbocycles. The number of aliphatic hydroxyl groups is 1. The van der Waals surface area contributed by atoms with E-state index in [1.807, 2.05) is 0 Å². The summed E-state index contributed by atoms with van der Waals surface area (Å²) in [6.45, 7) is 2.58. The van der Waals surface area contributed by atoms with Gasteiger partial charge in [0, 0.05) is 13.3 Å². The van der Waals surface area contributed by atoms with Crippen LogP contribution in [0.4, 0.5) is 0 Å². The highest BCUT2D eigenvalue weighted by molar-refractivity contribution is 5.84. The van der Waals surface area contributed by atoms with Gasteiger partial charge in [-0.3, -0.25) is 9.59 Å². The Bertz CT molecular complexity index is 264. The minimum absolute atomic E-state index is 0.0280. The summed E-state index contributed by atoms with van der Waals surface area (Å²) in [5.41, 5.74) is 0. The van der Waals surface area contributed by atoms with Crippen molar-refractivity contribution < 1.29 is 24.2 Å². The fraction of sp³-hybridized carbons (Fsp3) is 0.700. The summed E-state index contributed by atoms with van der Waals surface area (Å²) in [5, 5.41) is 10.9. The van der Waals surface area contributed by atoms with E-state index in [4.69, 9.17) is 9.84 Å². The molecule has 92 valence electrons. The quantitative estimate of drug-likeness (QED) is 0.570. The smallest absolute Gasteiger partial charge is 0.328 e. The van der Waals surface area contributed by atoms with Gasteiger partial charge in [-0.2, -0.15) is 0 Å². The van der Waals surface area contributed by atoms with Gasteiger partial charge >= 0.3 is 5.97 Å². The lowest BCUT2D eigenvalue weighted by Crippen LogP contribution is -2.41. The molecule has 0 spiro atoms. The van der Waals surface area contributed by atoms with Gasteiger partial charge in [0.15, 0.2) is 5.78 Å². The van der Waals surface area contributed by atoms with Crippen LogP contribution in [0.25, 0.3) is 0 Å². The van der Waals surface area contributed by atoms with Crippen molar-refractivity contribution in [1.29, 1.82) is 0 Å². The Kier molecular flexibility index (Phi) is 7.11. The number of aliphatic hydroxyl groups excluding tert-OH is 1. The van der Waals surface area contributed by atoms with E-state index in [2.05, 4.69) is 5.32 Å². The summed E-state index contributed by atoms with van der Waals surface area (Å²) in [6.07, 6.45) is 0.165. The zero-order valence-corrected chi connectivity index (χ0v) is 9.49. The molecule has 0 bridgehead atoms. The van der Waals surface area contributed by atoms with Crippen molar-refractivity contribution in [3.63, 3.8) is 0 Å². The van der Waals surface area contributed by atoms with Gasteiger partial charge in [0.25, 0.3) is 0 Å². The molecule has 0 saturated heterocycles. The van der Waals surface area contributed by atoms with Crippen molar-refractivity contribution in [2.75, 3.05) is 13.2 Å². The lowest BCUT2D eigenvalue weighted by Gasteiger charge is -2.15. The first kappa shape index (κ1) is 14.6.